The number of halogens is 2. The molecule has 4 rings (SSSR count). The molecule has 5 nitrogen and oxygen atoms in total. The van der Waals surface area contributed by atoms with E-state index < -0.39 is 4.92 Å². The van der Waals surface area contributed by atoms with Gasteiger partial charge >= 0.3 is 0 Å². The van der Waals surface area contributed by atoms with Crippen LogP contribution in [0.4, 0.5) is 15.8 Å². The molecule has 0 fully saturated rings. The zero-order valence-corrected chi connectivity index (χ0v) is 15.9. The van der Waals surface area contributed by atoms with Crippen LogP contribution < -0.4 is 0 Å². The molecule has 0 spiro atoms. The molecule has 7 heteroatoms. The van der Waals surface area contributed by atoms with Crippen LogP contribution in [-0.2, 0) is 6.54 Å². The molecule has 3 aromatic carbocycles. The van der Waals surface area contributed by atoms with Crippen LogP contribution in [0, 0.1) is 15.9 Å². The lowest BCUT2D eigenvalue weighted by molar-refractivity contribution is -0.384. The molecule has 0 radical (unpaired) electrons. The minimum Gasteiger partial charge on any atom is -0.343 e. The lowest BCUT2D eigenvalue weighted by Crippen LogP contribution is -1.98. The van der Waals surface area contributed by atoms with Crippen LogP contribution in [0.2, 0.25) is 5.02 Å². The number of rotatable bonds is 5. The number of aliphatic imine (C=N–C) groups is 1. The number of nitro benzene ring substituents is 1. The van der Waals surface area contributed by atoms with Crippen molar-refractivity contribution in [1.29, 1.82) is 0 Å². The highest BCUT2D eigenvalue weighted by Gasteiger charge is 2.12. The molecule has 0 N–H and O–H groups in total. The Morgan fingerprint density at radius 1 is 1.10 bits per heavy atom. The standard InChI is InChI=1S/C22H15ClFN3O2/c23-20-6-5-19(12-22(20)27(28)29)25-13-15-4-7-21-17(10-15)8-9-26(21)14-16-2-1-3-18(24)11-16/h1-13H,14H2. The third kappa shape index (κ3) is 4.17. The van der Waals surface area contributed by atoms with Gasteiger partial charge in [-0.1, -0.05) is 29.8 Å². The maximum absolute atomic E-state index is 13.4. The fourth-order valence-electron chi connectivity index (χ4n) is 3.14. The van der Waals surface area contributed by atoms with Gasteiger partial charge < -0.3 is 4.57 Å². The van der Waals surface area contributed by atoms with E-state index in [0.29, 0.717) is 12.2 Å². The minimum atomic E-state index is -0.533. The molecule has 0 unspecified atom stereocenters. The van der Waals surface area contributed by atoms with Gasteiger partial charge in [-0.15, -0.1) is 0 Å². The third-order valence-electron chi connectivity index (χ3n) is 4.53. The highest BCUT2D eigenvalue weighted by atomic mass is 35.5. The minimum absolute atomic E-state index is 0.0787. The zero-order valence-electron chi connectivity index (χ0n) is 15.1. The number of fused-ring (bicyclic) bond motifs is 1. The van der Waals surface area contributed by atoms with Crippen molar-refractivity contribution in [2.24, 2.45) is 4.99 Å². The highest BCUT2D eigenvalue weighted by Crippen LogP contribution is 2.28. The Bertz CT molecular complexity index is 1250. The van der Waals surface area contributed by atoms with Gasteiger partial charge in [0.25, 0.3) is 5.69 Å². The summed E-state index contributed by atoms with van der Waals surface area (Å²) in [5, 5.41) is 12.1. The zero-order chi connectivity index (χ0) is 20.4. The summed E-state index contributed by atoms with van der Waals surface area (Å²) >= 11 is 5.83. The van der Waals surface area contributed by atoms with E-state index in [4.69, 9.17) is 11.6 Å². The SMILES string of the molecule is O=[N+]([O-])c1cc(N=Cc2ccc3c(ccn3Cc3cccc(F)c3)c2)ccc1Cl. The molecule has 0 saturated carbocycles. The van der Waals surface area contributed by atoms with Crippen molar-refractivity contribution in [3.05, 3.63) is 105 Å². The Labute approximate surface area is 170 Å². The molecule has 4 aromatic rings. The van der Waals surface area contributed by atoms with Crippen molar-refractivity contribution in [3.63, 3.8) is 0 Å². The molecule has 0 aliphatic rings. The molecule has 0 bridgehead atoms. The first kappa shape index (κ1) is 18.8. The predicted molar refractivity (Wildman–Crippen MR) is 113 cm³/mol. The molecule has 0 saturated heterocycles. The Morgan fingerprint density at radius 2 is 1.97 bits per heavy atom. The Balaban J connectivity index is 1.58. The number of nitrogens with zero attached hydrogens (tertiary/aromatic N) is 3. The number of benzene rings is 3. The van der Waals surface area contributed by atoms with Crippen molar-refractivity contribution in [3.8, 4) is 0 Å². The highest BCUT2D eigenvalue weighted by molar-refractivity contribution is 6.32. The van der Waals surface area contributed by atoms with Gasteiger partial charge in [0.05, 0.1) is 10.6 Å². The van der Waals surface area contributed by atoms with Crippen molar-refractivity contribution in [1.82, 2.24) is 4.57 Å². The topological polar surface area (TPSA) is 60.4 Å². The number of hydrogen-bond donors (Lipinski definition) is 0. The van der Waals surface area contributed by atoms with Crippen molar-refractivity contribution in [2.45, 2.75) is 6.54 Å². The van der Waals surface area contributed by atoms with E-state index >= 15 is 0 Å². The second kappa shape index (κ2) is 7.85. The molecule has 0 aliphatic heterocycles. The second-order valence-electron chi connectivity index (χ2n) is 6.54. The molecule has 0 aliphatic carbocycles. The van der Waals surface area contributed by atoms with Crippen molar-refractivity contribution >= 4 is 40.1 Å². The lowest BCUT2D eigenvalue weighted by Gasteiger charge is -2.06. The molecule has 0 atom stereocenters. The average molecular weight is 408 g/mol. The molecule has 0 amide bonds. The summed E-state index contributed by atoms with van der Waals surface area (Å²) < 4.78 is 15.5. The van der Waals surface area contributed by atoms with Crippen molar-refractivity contribution in [2.75, 3.05) is 0 Å². The van der Waals surface area contributed by atoms with Crippen molar-refractivity contribution < 1.29 is 9.31 Å². The Kier molecular flexibility index (Phi) is 5.10. The average Bonchev–Trinajstić information content (AvgIpc) is 3.09. The fraction of sp³-hybridized carbons (Fsp3) is 0.0455. The van der Waals surface area contributed by atoms with Gasteiger partial charge in [-0.3, -0.25) is 15.1 Å². The monoisotopic (exact) mass is 407 g/mol. The van der Waals surface area contributed by atoms with E-state index in [1.165, 1.54) is 24.3 Å². The van der Waals surface area contributed by atoms with Crippen LogP contribution in [0.3, 0.4) is 0 Å². The van der Waals surface area contributed by atoms with E-state index in [1.54, 1.807) is 18.3 Å². The first-order valence-corrected chi connectivity index (χ1v) is 9.19. The van der Waals surface area contributed by atoms with Gasteiger partial charge in [-0.25, -0.2) is 4.39 Å². The molecule has 1 aromatic heterocycles. The van der Waals surface area contributed by atoms with Crippen LogP contribution >= 0.6 is 11.6 Å². The smallest absolute Gasteiger partial charge is 0.290 e. The largest absolute Gasteiger partial charge is 0.343 e. The molecule has 144 valence electrons. The first-order chi connectivity index (χ1) is 14.0. The summed E-state index contributed by atoms with van der Waals surface area (Å²) in [6, 6.07) is 18.8. The Hall–Kier alpha value is -3.51. The van der Waals surface area contributed by atoms with Gasteiger partial charge in [-0.05, 0) is 53.6 Å². The van der Waals surface area contributed by atoms with Gasteiger partial charge in [0, 0.05) is 35.9 Å². The summed E-state index contributed by atoms with van der Waals surface area (Å²) in [6.07, 6.45) is 3.61. The van der Waals surface area contributed by atoms with E-state index in [9.17, 15) is 14.5 Å². The second-order valence-corrected chi connectivity index (χ2v) is 6.95. The maximum atomic E-state index is 13.4. The van der Waals surface area contributed by atoms with Crippen LogP contribution in [0.1, 0.15) is 11.1 Å². The summed E-state index contributed by atoms with van der Waals surface area (Å²) in [5.41, 5.74) is 3.04. The molecule has 29 heavy (non-hydrogen) atoms. The van der Waals surface area contributed by atoms with E-state index in [1.807, 2.05) is 41.1 Å². The van der Waals surface area contributed by atoms with Gasteiger partial charge in [-0.2, -0.15) is 0 Å². The van der Waals surface area contributed by atoms with Gasteiger partial charge in [0.15, 0.2) is 0 Å². The number of hydrogen-bond acceptors (Lipinski definition) is 3. The normalized spacial score (nSPS) is 11.4. The van der Waals surface area contributed by atoms with Gasteiger partial charge in [0.2, 0.25) is 0 Å². The van der Waals surface area contributed by atoms with Crippen LogP contribution in [0.25, 0.3) is 10.9 Å². The van der Waals surface area contributed by atoms with E-state index in [2.05, 4.69) is 4.99 Å². The Morgan fingerprint density at radius 3 is 2.76 bits per heavy atom. The lowest BCUT2D eigenvalue weighted by atomic mass is 10.1. The first-order valence-electron chi connectivity index (χ1n) is 8.81. The quantitative estimate of drug-likeness (QED) is 0.226. The number of nitro groups is 1. The number of aromatic nitrogens is 1. The predicted octanol–water partition coefficient (Wildman–Crippen LogP) is 6.14. The molecular weight excluding hydrogens is 393 g/mol. The summed E-state index contributed by atoms with van der Waals surface area (Å²) in [7, 11) is 0. The maximum Gasteiger partial charge on any atom is 0.290 e. The summed E-state index contributed by atoms with van der Waals surface area (Å²) in [6.45, 7) is 0.573. The summed E-state index contributed by atoms with van der Waals surface area (Å²) in [4.78, 5) is 14.8. The van der Waals surface area contributed by atoms with E-state index in [-0.39, 0.29) is 16.5 Å². The van der Waals surface area contributed by atoms with Crippen LogP contribution in [0.15, 0.2) is 77.9 Å². The molecule has 1 heterocycles. The third-order valence-corrected chi connectivity index (χ3v) is 4.85. The van der Waals surface area contributed by atoms with Crippen LogP contribution in [-0.4, -0.2) is 15.7 Å². The fourth-order valence-corrected chi connectivity index (χ4v) is 3.33. The van der Waals surface area contributed by atoms with Crippen LogP contribution in [0.5, 0.6) is 0 Å². The van der Waals surface area contributed by atoms with E-state index in [0.717, 1.165) is 22.0 Å². The molecular formula is C22H15ClFN3O2. The summed E-state index contributed by atoms with van der Waals surface area (Å²) in [5.74, 6) is -0.250. The van der Waals surface area contributed by atoms with Gasteiger partial charge in [0.1, 0.15) is 10.8 Å².